The Morgan fingerprint density at radius 2 is 1.88 bits per heavy atom. The fourth-order valence-electron chi connectivity index (χ4n) is 4.04. The third kappa shape index (κ3) is 5.06. The van der Waals surface area contributed by atoms with Crippen molar-refractivity contribution in [2.24, 2.45) is 0 Å². The first-order valence-corrected chi connectivity index (χ1v) is 13.0. The molecule has 2 aromatic carbocycles. The molecule has 34 heavy (non-hydrogen) atoms. The summed E-state index contributed by atoms with van der Waals surface area (Å²) in [7, 11) is -3.72. The molecule has 0 bridgehead atoms. The maximum atomic E-state index is 13.3. The zero-order chi connectivity index (χ0) is 24.1. The summed E-state index contributed by atoms with van der Waals surface area (Å²) < 4.78 is 33.3. The van der Waals surface area contributed by atoms with Crippen molar-refractivity contribution in [2.75, 3.05) is 26.3 Å². The Morgan fingerprint density at radius 1 is 1.15 bits per heavy atom. The first kappa shape index (κ1) is 24.1. The molecule has 0 saturated carbocycles. The lowest BCUT2D eigenvalue weighted by molar-refractivity contribution is 0.0730. The van der Waals surface area contributed by atoms with Gasteiger partial charge in [-0.1, -0.05) is 50.2 Å². The molecular weight excluding hydrogens is 452 g/mol. The Labute approximate surface area is 200 Å². The van der Waals surface area contributed by atoms with Gasteiger partial charge in [0.05, 0.1) is 36.0 Å². The summed E-state index contributed by atoms with van der Waals surface area (Å²) in [6.07, 6.45) is 2.93. The second-order valence-corrected chi connectivity index (χ2v) is 10.1. The quantitative estimate of drug-likeness (QED) is 0.511. The molecule has 1 atom stereocenters. The third-order valence-electron chi connectivity index (χ3n) is 6.02. The van der Waals surface area contributed by atoms with Gasteiger partial charge in [0.1, 0.15) is 5.82 Å². The van der Waals surface area contributed by atoms with Crippen LogP contribution in [0.1, 0.15) is 48.1 Å². The number of hydrogen-bond acceptors (Lipinski definition) is 5. The molecule has 180 valence electrons. The Kier molecular flexibility index (Phi) is 7.45. The summed E-state index contributed by atoms with van der Waals surface area (Å²) in [5.41, 5.74) is 2.87. The number of aryl methyl sites for hydroxylation is 1. The average molecular weight is 483 g/mol. The van der Waals surface area contributed by atoms with Crippen molar-refractivity contribution in [1.29, 1.82) is 0 Å². The van der Waals surface area contributed by atoms with Crippen molar-refractivity contribution in [1.82, 2.24) is 19.6 Å². The van der Waals surface area contributed by atoms with E-state index in [0.29, 0.717) is 56.1 Å². The number of benzene rings is 2. The van der Waals surface area contributed by atoms with Gasteiger partial charge in [0.15, 0.2) is 0 Å². The Hall–Kier alpha value is -3.01. The van der Waals surface area contributed by atoms with Crippen LogP contribution in [0.4, 0.5) is 0 Å². The highest BCUT2D eigenvalue weighted by Crippen LogP contribution is 2.25. The van der Waals surface area contributed by atoms with Crippen molar-refractivity contribution >= 4 is 15.9 Å². The van der Waals surface area contributed by atoms with Gasteiger partial charge in [0, 0.05) is 18.7 Å². The van der Waals surface area contributed by atoms with Crippen LogP contribution in [0.2, 0.25) is 0 Å². The molecule has 1 saturated heterocycles. The van der Waals surface area contributed by atoms with E-state index in [1.165, 1.54) is 10.4 Å². The zero-order valence-corrected chi connectivity index (χ0v) is 20.3. The Bertz CT molecular complexity index is 1230. The first-order valence-electron chi connectivity index (χ1n) is 11.6. The number of morpholine rings is 1. The number of carbonyl (C=O) groups is 1. The number of nitrogens with zero attached hydrogens (tertiary/aromatic N) is 2. The summed E-state index contributed by atoms with van der Waals surface area (Å²) in [4.78, 5) is 21.1. The minimum absolute atomic E-state index is 0.182. The van der Waals surface area contributed by atoms with Gasteiger partial charge in [-0.15, -0.1) is 0 Å². The maximum Gasteiger partial charge on any atom is 0.251 e. The number of nitrogens with one attached hydrogen (secondary N) is 2. The lowest BCUT2D eigenvalue weighted by Crippen LogP contribution is -2.41. The molecule has 1 unspecified atom stereocenters. The molecular formula is C25H30N4O4S. The van der Waals surface area contributed by atoms with Crippen LogP contribution in [0.3, 0.4) is 0 Å². The lowest BCUT2D eigenvalue weighted by atomic mass is 10.1. The van der Waals surface area contributed by atoms with Gasteiger partial charge >= 0.3 is 0 Å². The fourth-order valence-corrected chi connectivity index (χ4v) is 5.77. The van der Waals surface area contributed by atoms with E-state index in [1.54, 1.807) is 18.3 Å². The molecule has 1 aromatic heterocycles. The number of amides is 1. The van der Waals surface area contributed by atoms with Crippen molar-refractivity contribution in [3.05, 3.63) is 71.7 Å². The van der Waals surface area contributed by atoms with E-state index < -0.39 is 10.0 Å². The van der Waals surface area contributed by atoms with E-state index in [0.717, 1.165) is 11.3 Å². The predicted octanol–water partition coefficient (Wildman–Crippen LogP) is 3.54. The van der Waals surface area contributed by atoms with E-state index in [1.807, 2.05) is 44.2 Å². The molecule has 1 amide bonds. The highest BCUT2D eigenvalue weighted by molar-refractivity contribution is 7.89. The number of rotatable bonds is 8. The zero-order valence-electron chi connectivity index (χ0n) is 19.5. The number of H-pyrrole nitrogens is 1. The molecule has 0 aliphatic carbocycles. The Balaban J connectivity index is 1.57. The number of aromatic nitrogens is 2. The van der Waals surface area contributed by atoms with Crippen LogP contribution in [-0.2, 0) is 21.2 Å². The molecule has 2 heterocycles. The van der Waals surface area contributed by atoms with E-state index in [2.05, 4.69) is 15.3 Å². The van der Waals surface area contributed by atoms with Crippen molar-refractivity contribution in [3.63, 3.8) is 0 Å². The molecule has 0 radical (unpaired) electrons. The van der Waals surface area contributed by atoms with E-state index in [4.69, 9.17) is 4.74 Å². The molecule has 9 heteroatoms. The first-order chi connectivity index (χ1) is 16.4. The summed E-state index contributed by atoms with van der Waals surface area (Å²) in [5, 5.41) is 3.00. The Morgan fingerprint density at radius 3 is 2.56 bits per heavy atom. The summed E-state index contributed by atoms with van der Waals surface area (Å²) in [6, 6.07) is 14.4. The van der Waals surface area contributed by atoms with Crippen LogP contribution in [0, 0.1) is 0 Å². The second kappa shape index (κ2) is 10.5. The number of ether oxygens (including phenoxy) is 1. The summed E-state index contributed by atoms with van der Waals surface area (Å²) in [5.74, 6) is 0.312. The van der Waals surface area contributed by atoms with E-state index >= 15 is 0 Å². The second-order valence-electron chi connectivity index (χ2n) is 8.17. The highest BCUT2D eigenvalue weighted by Gasteiger charge is 2.29. The van der Waals surface area contributed by atoms with Crippen LogP contribution in [-0.4, -0.2) is 54.9 Å². The van der Waals surface area contributed by atoms with Crippen LogP contribution >= 0.6 is 0 Å². The van der Waals surface area contributed by atoms with Crippen LogP contribution in [0.25, 0.3) is 11.3 Å². The van der Waals surface area contributed by atoms with Crippen LogP contribution < -0.4 is 5.32 Å². The van der Waals surface area contributed by atoms with Gasteiger partial charge in [-0.3, -0.25) is 4.79 Å². The van der Waals surface area contributed by atoms with Crippen molar-refractivity contribution < 1.29 is 17.9 Å². The fraction of sp³-hybridized carbons (Fsp3) is 0.360. The molecule has 0 spiro atoms. The monoisotopic (exact) mass is 482 g/mol. The maximum absolute atomic E-state index is 13.3. The number of carbonyl (C=O) groups excluding carboxylic acids is 1. The summed E-state index contributed by atoms with van der Waals surface area (Å²) >= 11 is 0. The minimum atomic E-state index is -3.72. The number of aromatic amines is 1. The number of sulfonamides is 1. The predicted molar refractivity (Wildman–Crippen MR) is 130 cm³/mol. The highest BCUT2D eigenvalue weighted by atomic mass is 32.2. The topological polar surface area (TPSA) is 104 Å². The van der Waals surface area contributed by atoms with Gasteiger partial charge in [0.25, 0.3) is 5.91 Å². The van der Waals surface area contributed by atoms with Gasteiger partial charge < -0.3 is 15.0 Å². The molecule has 1 fully saturated rings. The smallest absolute Gasteiger partial charge is 0.251 e. The molecule has 8 nitrogen and oxygen atoms in total. The molecule has 2 N–H and O–H groups in total. The van der Waals surface area contributed by atoms with Gasteiger partial charge in [-0.25, -0.2) is 13.4 Å². The SMILES string of the molecule is CCc1ccc(C(=O)NC(CC)c2ncc(-c3ccccc3)[nH]2)cc1S(=O)(=O)N1CCOCC1. The van der Waals surface area contributed by atoms with Gasteiger partial charge in [0.2, 0.25) is 10.0 Å². The largest absolute Gasteiger partial charge is 0.379 e. The van der Waals surface area contributed by atoms with Crippen molar-refractivity contribution in [2.45, 2.75) is 37.6 Å². The van der Waals surface area contributed by atoms with Gasteiger partial charge in [-0.05, 0) is 36.1 Å². The number of hydrogen-bond donors (Lipinski definition) is 2. The van der Waals surface area contributed by atoms with Crippen LogP contribution in [0.5, 0.6) is 0 Å². The summed E-state index contributed by atoms with van der Waals surface area (Å²) in [6.45, 7) is 5.22. The standard InChI is InChI=1S/C25H30N4O4S/c1-3-18-10-11-20(16-23(18)34(31,32)29-12-14-33-15-13-29)25(30)28-21(4-2)24-26-17-22(27-24)19-8-6-5-7-9-19/h5-11,16-17,21H,3-4,12-15H2,1-2H3,(H,26,27)(H,28,30). The average Bonchev–Trinajstić information content (AvgIpc) is 3.38. The lowest BCUT2D eigenvalue weighted by Gasteiger charge is -2.27. The minimum Gasteiger partial charge on any atom is -0.379 e. The third-order valence-corrected chi connectivity index (χ3v) is 8.00. The molecule has 3 aromatic rings. The normalized spacial score (nSPS) is 15.7. The van der Waals surface area contributed by atoms with Crippen molar-refractivity contribution in [3.8, 4) is 11.3 Å². The molecule has 4 rings (SSSR count). The molecule has 1 aliphatic heterocycles. The van der Waals surface area contributed by atoms with Crippen LogP contribution in [0.15, 0.2) is 59.6 Å². The number of imidazole rings is 1. The molecule has 1 aliphatic rings. The van der Waals surface area contributed by atoms with E-state index in [9.17, 15) is 13.2 Å². The van der Waals surface area contributed by atoms with Gasteiger partial charge in [-0.2, -0.15) is 4.31 Å². The van der Waals surface area contributed by atoms with E-state index in [-0.39, 0.29) is 16.8 Å².